The van der Waals surface area contributed by atoms with Crippen LogP contribution in [0.4, 0.5) is 10.1 Å². The van der Waals surface area contributed by atoms with Gasteiger partial charge in [-0.05, 0) is 56.3 Å². The van der Waals surface area contributed by atoms with E-state index in [1.165, 1.54) is 20.1 Å². The number of anilines is 1. The van der Waals surface area contributed by atoms with Crippen LogP contribution >= 0.6 is 0 Å². The molecule has 0 bridgehead atoms. The third-order valence-corrected chi connectivity index (χ3v) is 4.39. The number of rotatable bonds is 7. The first-order chi connectivity index (χ1) is 12.3. The number of nitrogens with one attached hydrogen (secondary N) is 2. The Morgan fingerprint density at radius 1 is 1.19 bits per heavy atom. The summed E-state index contributed by atoms with van der Waals surface area (Å²) in [7, 11) is 3.30. The second-order valence-corrected chi connectivity index (χ2v) is 6.34. The molecule has 0 saturated carbocycles. The zero-order valence-corrected chi connectivity index (χ0v) is 15.4. The summed E-state index contributed by atoms with van der Waals surface area (Å²) in [5.41, 5.74) is 2.02. The molecule has 2 rings (SSSR count). The first kappa shape index (κ1) is 19.6. The van der Waals surface area contributed by atoms with Crippen molar-refractivity contribution in [1.29, 1.82) is 0 Å². The van der Waals surface area contributed by atoms with Crippen LogP contribution in [0.5, 0.6) is 5.75 Å². The van der Waals surface area contributed by atoms with E-state index in [2.05, 4.69) is 5.32 Å². The normalized spacial score (nSPS) is 13.0. The average molecular weight is 359 g/mol. The van der Waals surface area contributed by atoms with Gasteiger partial charge in [0.05, 0.1) is 14.2 Å². The molecule has 0 aromatic heterocycles. The summed E-state index contributed by atoms with van der Waals surface area (Å²) >= 11 is 0. The molecule has 0 fully saturated rings. The highest BCUT2D eigenvalue weighted by molar-refractivity contribution is 5.96. The van der Waals surface area contributed by atoms with Gasteiger partial charge in [-0.15, -0.1) is 0 Å². The van der Waals surface area contributed by atoms with Crippen molar-refractivity contribution in [2.45, 2.75) is 26.4 Å². The third-order valence-electron chi connectivity index (χ3n) is 4.39. The van der Waals surface area contributed by atoms with Crippen molar-refractivity contribution in [3.63, 3.8) is 0 Å². The smallest absolute Gasteiger partial charge is 0.282 e. The van der Waals surface area contributed by atoms with E-state index in [1.807, 2.05) is 14.0 Å². The van der Waals surface area contributed by atoms with Crippen molar-refractivity contribution in [2.75, 3.05) is 19.5 Å². The predicted molar refractivity (Wildman–Crippen MR) is 98.1 cm³/mol. The van der Waals surface area contributed by atoms with Crippen molar-refractivity contribution in [3.05, 3.63) is 59.4 Å². The largest absolute Gasteiger partial charge is 0.494 e. The number of Topliss-reactive ketones (excluding diaryl/α,β-unsaturated/α-hetero) is 1. The van der Waals surface area contributed by atoms with E-state index in [1.54, 1.807) is 36.4 Å². The van der Waals surface area contributed by atoms with Gasteiger partial charge in [-0.3, -0.25) is 9.59 Å². The van der Waals surface area contributed by atoms with Crippen LogP contribution in [-0.4, -0.2) is 31.9 Å². The van der Waals surface area contributed by atoms with Gasteiger partial charge in [0.1, 0.15) is 6.54 Å². The first-order valence-electron chi connectivity index (χ1n) is 8.38. The summed E-state index contributed by atoms with van der Waals surface area (Å²) in [5.74, 6) is -0.383. The Kier molecular flexibility index (Phi) is 6.46. The SMILES string of the molecule is COc1ccc(C[NH+](C)[C@@H](C)C(=O)Nc2ccc(C(C)=O)cc2)cc1F. The maximum atomic E-state index is 13.8. The summed E-state index contributed by atoms with van der Waals surface area (Å²) in [5, 5.41) is 2.84. The number of ketones is 1. The number of hydrogen-bond donors (Lipinski definition) is 2. The lowest BCUT2D eigenvalue weighted by Gasteiger charge is -2.21. The molecule has 2 N–H and O–H groups in total. The molecule has 0 aliphatic carbocycles. The molecule has 0 aliphatic heterocycles. The minimum atomic E-state index is -0.416. The standard InChI is InChI=1S/C20H23FN2O3/c1-13(20(25)22-17-8-6-16(7-9-17)14(2)24)23(3)12-15-5-10-19(26-4)18(21)11-15/h5-11,13H,12H2,1-4H3,(H,22,25)/p+1/t13-/m0/s1. The minimum Gasteiger partial charge on any atom is -0.494 e. The third kappa shape index (κ3) is 4.89. The van der Waals surface area contributed by atoms with Crippen molar-refractivity contribution in [2.24, 2.45) is 0 Å². The molecule has 5 nitrogen and oxygen atoms in total. The van der Waals surface area contributed by atoms with E-state index in [4.69, 9.17) is 4.74 Å². The Balaban J connectivity index is 1.98. The number of hydrogen-bond acceptors (Lipinski definition) is 3. The monoisotopic (exact) mass is 359 g/mol. The fourth-order valence-corrected chi connectivity index (χ4v) is 2.56. The molecule has 2 aromatic carbocycles. The molecular formula is C20H24FN2O3+. The molecule has 26 heavy (non-hydrogen) atoms. The van der Waals surface area contributed by atoms with Crippen molar-refractivity contribution < 1.29 is 23.6 Å². The lowest BCUT2D eigenvalue weighted by molar-refractivity contribution is -0.907. The van der Waals surface area contributed by atoms with Gasteiger partial charge in [-0.2, -0.15) is 0 Å². The molecule has 6 heteroatoms. The van der Waals surface area contributed by atoms with Gasteiger partial charge in [0.25, 0.3) is 5.91 Å². The fraction of sp³-hybridized carbons (Fsp3) is 0.300. The first-order valence-corrected chi connectivity index (χ1v) is 8.38. The van der Waals surface area contributed by atoms with Crippen LogP contribution in [-0.2, 0) is 11.3 Å². The molecule has 0 heterocycles. The maximum absolute atomic E-state index is 13.8. The summed E-state index contributed by atoms with van der Waals surface area (Å²) < 4.78 is 18.7. The van der Waals surface area contributed by atoms with Gasteiger partial charge in [0.2, 0.25) is 0 Å². The number of carbonyl (C=O) groups is 2. The molecule has 0 radical (unpaired) electrons. The topological polar surface area (TPSA) is 59.8 Å². The van der Waals surface area contributed by atoms with Crippen LogP contribution in [0, 0.1) is 5.82 Å². The van der Waals surface area contributed by atoms with Crippen molar-refractivity contribution in [1.82, 2.24) is 0 Å². The fourth-order valence-electron chi connectivity index (χ4n) is 2.56. The Labute approximate surface area is 152 Å². The van der Waals surface area contributed by atoms with E-state index in [-0.39, 0.29) is 23.5 Å². The Morgan fingerprint density at radius 3 is 2.38 bits per heavy atom. The highest BCUT2D eigenvalue weighted by Crippen LogP contribution is 2.17. The summed E-state index contributed by atoms with van der Waals surface area (Å²) in [6, 6.07) is 11.2. The molecule has 138 valence electrons. The number of benzene rings is 2. The number of methoxy groups -OCH3 is 1. The van der Waals surface area contributed by atoms with E-state index >= 15 is 0 Å². The second kappa shape index (κ2) is 8.58. The van der Waals surface area contributed by atoms with Gasteiger partial charge in [-0.25, -0.2) is 4.39 Å². The molecule has 0 aliphatic rings. The Morgan fingerprint density at radius 2 is 1.85 bits per heavy atom. The molecule has 0 spiro atoms. The van der Waals surface area contributed by atoms with E-state index < -0.39 is 5.82 Å². The average Bonchev–Trinajstić information content (AvgIpc) is 2.61. The van der Waals surface area contributed by atoms with Crippen LogP contribution in [0.3, 0.4) is 0 Å². The number of likely N-dealkylation sites (N-methyl/N-ethyl adjacent to an activating group) is 1. The highest BCUT2D eigenvalue weighted by atomic mass is 19.1. The van der Waals surface area contributed by atoms with Crippen molar-refractivity contribution >= 4 is 17.4 Å². The quantitative estimate of drug-likeness (QED) is 0.744. The van der Waals surface area contributed by atoms with Crippen LogP contribution in [0.15, 0.2) is 42.5 Å². The predicted octanol–water partition coefficient (Wildman–Crippen LogP) is 2.08. The van der Waals surface area contributed by atoms with Gasteiger partial charge in [-0.1, -0.05) is 0 Å². The van der Waals surface area contributed by atoms with Gasteiger partial charge < -0.3 is 15.0 Å². The molecule has 0 saturated heterocycles. The summed E-state index contributed by atoms with van der Waals surface area (Å²) in [6.07, 6.45) is 0. The van der Waals surface area contributed by atoms with Crippen LogP contribution in [0.1, 0.15) is 29.8 Å². The van der Waals surface area contributed by atoms with Gasteiger partial charge in [0.15, 0.2) is 23.4 Å². The van der Waals surface area contributed by atoms with E-state index in [9.17, 15) is 14.0 Å². The lowest BCUT2D eigenvalue weighted by Crippen LogP contribution is -3.12. The Hall–Kier alpha value is -2.73. The second-order valence-electron chi connectivity index (χ2n) is 6.34. The number of carbonyl (C=O) groups excluding carboxylic acids is 2. The molecule has 1 amide bonds. The van der Waals surface area contributed by atoms with Crippen molar-refractivity contribution in [3.8, 4) is 5.75 Å². The van der Waals surface area contributed by atoms with Gasteiger partial charge in [0, 0.05) is 16.8 Å². The van der Waals surface area contributed by atoms with Crippen LogP contribution in [0.25, 0.3) is 0 Å². The summed E-state index contributed by atoms with van der Waals surface area (Å²) in [4.78, 5) is 24.6. The van der Waals surface area contributed by atoms with Crippen LogP contribution in [0.2, 0.25) is 0 Å². The molecule has 2 aromatic rings. The lowest BCUT2D eigenvalue weighted by atomic mass is 10.1. The number of amides is 1. The number of quaternary nitrogens is 1. The Bertz CT molecular complexity index is 790. The number of halogens is 1. The van der Waals surface area contributed by atoms with E-state index in [0.717, 1.165) is 10.5 Å². The molecule has 1 unspecified atom stereocenters. The van der Waals surface area contributed by atoms with Gasteiger partial charge >= 0.3 is 0 Å². The number of ether oxygens (including phenoxy) is 1. The summed E-state index contributed by atoms with van der Waals surface area (Å²) in [6.45, 7) is 3.81. The zero-order valence-electron chi connectivity index (χ0n) is 15.4. The minimum absolute atomic E-state index is 0.0212. The van der Waals surface area contributed by atoms with E-state index in [0.29, 0.717) is 17.8 Å². The molecular weight excluding hydrogens is 335 g/mol. The highest BCUT2D eigenvalue weighted by Gasteiger charge is 2.22. The van der Waals surface area contributed by atoms with Crippen LogP contribution < -0.4 is 15.0 Å². The zero-order chi connectivity index (χ0) is 19.3. The molecule has 2 atom stereocenters. The maximum Gasteiger partial charge on any atom is 0.282 e.